The molecule has 1 unspecified atom stereocenters. The molecule has 0 bridgehead atoms. The van der Waals surface area contributed by atoms with Crippen LogP contribution < -0.4 is 14.9 Å². The van der Waals surface area contributed by atoms with Crippen molar-refractivity contribution in [1.82, 2.24) is 4.90 Å². The van der Waals surface area contributed by atoms with Gasteiger partial charge in [-0.1, -0.05) is 31.9 Å². The van der Waals surface area contributed by atoms with Crippen LogP contribution in [0.3, 0.4) is 0 Å². The van der Waals surface area contributed by atoms with Crippen LogP contribution in [0, 0.1) is 13.8 Å². The second-order valence-corrected chi connectivity index (χ2v) is 9.08. The fourth-order valence-electron chi connectivity index (χ4n) is 4.80. The van der Waals surface area contributed by atoms with E-state index >= 15 is 0 Å². The zero-order chi connectivity index (χ0) is 25.1. The van der Waals surface area contributed by atoms with E-state index in [4.69, 9.17) is 13.9 Å². The largest absolute Gasteiger partial charge is 0.493 e. The minimum atomic E-state index is -0.645. The molecule has 7 heteroatoms. The molecule has 1 aliphatic heterocycles. The van der Waals surface area contributed by atoms with Crippen molar-refractivity contribution >= 4 is 16.9 Å². The van der Waals surface area contributed by atoms with Crippen molar-refractivity contribution in [3.63, 3.8) is 0 Å². The Hall–Kier alpha value is -3.32. The number of hydrogen-bond acceptors (Lipinski definition) is 6. The third-order valence-electron chi connectivity index (χ3n) is 6.46. The van der Waals surface area contributed by atoms with Gasteiger partial charge in [0.25, 0.3) is 5.91 Å². The number of carbonyl (C=O) groups is 1. The van der Waals surface area contributed by atoms with Crippen molar-refractivity contribution in [3.05, 3.63) is 68.6 Å². The summed E-state index contributed by atoms with van der Waals surface area (Å²) < 4.78 is 17.6. The van der Waals surface area contributed by atoms with Gasteiger partial charge in [0.1, 0.15) is 5.58 Å². The van der Waals surface area contributed by atoms with Gasteiger partial charge in [0.15, 0.2) is 16.9 Å². The zero-order valence-electron chi connectivity index (χ0n) is 20.8. The Morgan fingerprint density at radius 2 is 1.86 bits per heavy atom. The van der Waals surface area contributed by atoms with Gasteiger partial charge in [-0.15, -0.1) is 0 Å². The third kappa shape index (κ3) is 4.65. The van der Waals surface area contributed by atoms with Gasteiger partial charge < -0.3 is 23.9 Å². The van der Waals surface area contributed by atoms with E-state index in [2.05, 4.69) is 6.92 Å². The molecule has 7 nitrogen and oxygen atoms in total. The first-order chi connectivity index (χ1) is 16.9. The van der Waals surface area contributed by atoms with Gasteiger partial charge in [-0.3, -0.25) is 9.59 Å². The average molecular weight is 480 g/mol. The lowest BCUT2D eigenvalue weighted by Gasteiger charge is -2.25. The van der Waals surface area contributed by atoms with Crippen molar-refractivity contribution in [3.8, 4) is 11.5 Å². The number of methoxy groups -OCH3 is 1. The van der Waals surface area contributed by atoms with E-state index in [9.17, 15) is 14.7 Å². The van der Waals surface area contributed by atoms with Gasteiger partial charge in [-0.25, -0.2) is 0 Å². The van der Waals surface area contributed by atoms with E-state index in [1.165, 1.54) is 0 Å². The minimum Gasteiger partial charge on any atom is -0.493 e. The van der Waals surface area contributed by atoms with E-state index in [1.807, 2.05) is 38.1 Å². The third-order valence-corrected chi connectivity index (χ3v) is 6.46. The van der Waals surface area contributed by atoms with Crippen LogP contribution in [-0.2, 0) is 0 Å². The molecule has 3 aromatic rings. The molecule has 2 heterocycles. The predicted octanol–water partition coefficient (Wildman–Crippen LogP) is 4.92. The molecule has 1 atom stereocenters. The molecule has 1 N–H and O–H groups in total. The lowest BCUT2D eigenvalue weighted by Crippen LogP contribution is -2.31. The molecule has 0 saturated heterocycles. The van der Waals surface area contributed by atoms with Gasteiger partial charge in [-0.2, -0.15) is 0 Å². The standard InChI is InChI=1S/C28H33NO6/c1-5-6-7-13-34-21-10-9-19(16-22(21)33-4)24-23-25(31)20-15-17(2)14-18(3)26(20)35-27(23)28(32)29(24)11-8-12-30/h9-10,14-16,24,30H,5-8,11-13H2,1-4H3. The van der Waals surface area contributed by atoms with Crippen LogP contribution in [-0.4, -0.2) is 42.8 Å². The van der Waals surface area contributed by atoms with E-state index in [-0.39, 0.29) is 30.2 Å². The molecule has 1 aromatic heterocycles. The summed E-state index contributed by atoms with van der Waals surface area (Å²) in [6.45, 7) is 6.75. The number of nitrogens with zero attached hydrogens (tertiary/aromatic N) is 1. The normalized spacial score (nSPS) is 15.1. The van der Waals surface area contributed by atoms with Crippen LogP contribution in [0.2, 0.25) is 0 Å². The van der Waals surface area contributed by atoms with Crippen molar-refractivity contribution < 1.29 is 23.8 Å². The second-order valence-electron chi connectivity index (χ2n) is 9.08. The highest BCUT2D eigenvalue weighted by atomic mass is 16.5. The summed E-state index contributed by atoms with van der Waals surface area (Å²) in [6, 6.07) is 8.60. The smallest absolute Gasteiger partial charge is 0.290 e. The van der Waals surface area contributed by atoms with Crippen LogP contribution in [0.25, 0.3) is 11.0 Å². The van der Waals surface area contributed by atoms with Crippen LogP contribution in [0.5, 0.6) is 11.5 Å². The number of hydrogen-bond donors (Lipinski definition) is 1. The maximum Gasteiger partial charge on any atom is 0.290 e. The molecule has 0 aliphatic carbocycles. The molecular weight excluding hydrogens is 446 g/mol. The summed E-state index contributed by atoms with van der Waals surface area (Å²) in [7, 11) is 1.57. The Balaban J connectivity index is 1.83. The van der Waals surface area contributed by atoms with Gasteiger partial charge in [0.05, 0.1) is 30.7 Å². The molecule has 0 spiro atoms. The lowest BCUT2D eigenvalue weighted by molar-refractivity contribution is 0.0716. The predicted molar refractivity (Wildman–Crippen MR) is 135 cm³/mol. The number of benzene rings is 2. The molecule has 1 amide bonds. The molecule has 1 aliphatic rings. The van der Waals surface area contributed by atoms with E-state index in [0.717, 1.165) is 36.0 Å². The summed E-state index contributed by atoms with van der Waals surface area (Å²) >= 11 is 0. The summed E-state index contributed by atoms with van der Waals surface area (Å²) in [5.74, 6) is 0.877. The molecule has 0 saturated carbocycles. The van der Waals surface area contributed by atoms with Gasteiger partial charge >= 0.3 is 0 Å². The molecular formula is C28H33NO6. The van der Waals surface area contributed by atoms with Gasteiger partial charge in [0, 0.05) is 13.2 Å². The SMILES string of the molecule is CCCCCOc1ccc(C2c3c(oc4c(C)cc(C)cc4c3=O)C(=O)N2CCCO)cc1OC. The van der Waals surface area contributed by atoms with Crippen molar-refractivity contribution in [1.29, 1.82) is 0 Å². The Morgan fingerprint density at radius 1 is 1.06 bits per heavy atom. The average Bonchev–Trinajstić information content (AvgIpc) is 3.13. The van der Waals surface area contributed by atoms with Crippen molar-refractivity contribution in [2.45, 2.75) is 52.5 Å². The lowest BCUT2D eigenvalue weighted by atomic mass is 9.97. The first-order valence-corrected chi connectivity index (χ1v) is 12.2. The van der Waals surface area contributed by atoms with E-state index in [0.29, 0.717) is 41.1 Å². The number of amides is 1. The van der Waals surface area contributed by atoms with Gasteiger partial charge in [-0.05, 0) is 61.6 Å². The van der Waals surface area contributed by atoms with Crippen LogP contribution in [0.15, 0.2) is 39.5 Å². The number of carbonyl (C=O) groups excluding carboxylic acids is 1. The van der Waals surface area contributed by atoms with Crippen molar-refractivity contribution in [2.75, 3.05) is 26.9 Å². The molecule has 0 fully saturated rings. The Kier molecular flexibility index (Phi) is 7.45. The maximum atomic E-state index is 13.8. The highest BCUT2D eigenvalue weighted by Gasteiger charge is 2.42. The zero-order valence-corrected chi connectivity index (χ0v) is 20.8. The fraction of sp³-hybridized carbons (Fsp3) is 0.429. The quantitative estimate of drug-likeness (QED) is 0.416. The minimum absolute atomic E-state index is 0.0660. The Labute approximate surface area is 205 Å². The number of aryl methyl sites for hydroxylation is 2. The summed E-state index contributed by atoms with van der Waals surface area (Å²) in [4.78, 5) is 28.8. The van der Waals surface area contributed by atoms with E-state index in [1.54, 1.807) is 18.1 Å². The number of aliphatic hydroxyl groups is 1. The number of aliphatic hydroxyl groups excluding tert-OH is 1. The number of unbranched alkanes of at least 4 members (excludes halogenated alkanes) is 2. The highest BCUT2D eigenvalue weighted by Crippen LogP contribution is 2.41. The Bertz CT molecular complexity index is 1290. The maximum absolute atomic E-state index is 13.8. The second kappa shape index (κ2) is 10.5. The van der Waals surface area contributed by atoms with Crippen LogP contribution in [0.4, 0.5) is 0 Å². The molecule has 35 heavy (non-hydrogen) atoms. The molecule has 0 radical (unpaired) electrons. The van der Waals surface area contributed by atoms with Crippen LogP contribution >= 0.6 is 0 Å². The first kappa shape index (κ1) is 24.8. The number of rotatable bonds is 10. The highest BCUT2D eigenvalue weighted by molar-refractivity contribution is 5.99. The summed E-state index contributed by atoms with van der Waals surface area (Å²) in [5, 5.41) is 9.91. The number of ether oxygens (including phenoxy) is 2. The monoisotopic (exact) mass is 479 g/mol. The summed E-state index contributed by atoms with van der Waals surface area (Å²) in [5.41, 5.74) is 3.03. The number of fused-ring (bicyclic) bond motifs is 2. The molecule has 2 aromatic carbocycles. The fourth-order valence-corrected chi connectivity index (χ4v) is 4.80. The van der Waals surface area contributed by atoms with Crippen LogP contribution in [0.1, 0.15) is 71.5 Å². The molecule has 186 valence electrons. The van der Waals surface area contributed by atoms with Gasteiger partial charge in [0.2, 0.25) is 5.76 Å². The topological polar surface area (TPSA) is 89.2 Å². The first-order valence-electron chi connectivity index (χ1n) is 12.2. The van der Waals surface area contributed by atoms with Crippen molar-refractivity contribution in [2.24, 2.45) is 0 Å². The Morgan fingerprint density at radius 3 is 2.57 bits per heavy atom. The van der Waals surface area contributed by atoms with E-state index < -0.39 is 6.04 Å². The summed E-state index contributed by atoms with van der Waals surface area (Å²) in [6.07, 6.45) is 3.53. The molecule has 4 rings (SSSR count).